The zero-order valence-electron chi connectivity index (χ0n) is 9.18. The third-order valence-corrected chi connectivity index (χ3v) is 2.09. The highest BCUT2D eigenvalue weighted by Gasteiger charge is 2.21. The fourth-order valence-corrected chi connectivity index (χ4v) is 1.41. The first-order chi connectivity index (χ1) is 8.45. The zero-order chi connectivity index (χ0) is 13.7. The Bertz CT molecular complexity index is 429. The van der Waals surface area contributed by atoms with E-state index >= 15 is 0 Å². The molecule has 0 aliphatic heterocycles. The third kappa shape index (κ3) is 3.59. The molecule has 0 aliphatic rings. The van der Waals surface area contributed by atoms with Crippen LogP contribution in [0.1, 0.15) is 10.4 Å². The molecule has 100 valence electrons. The van der Waals surface area contributed by atoms with Crippen LogP contribution < -0.4 is 4.90 Å². The van der Waals surface area contributed by atoms with Crippen molar-refractivity contribution in [2.45, 2.75) is 6.43 Å². The highest BCUT2D eigenvalue weighted by molar-refractivity contribution is 5.93. The lowest BCUT2D eigenvalue weighted by Crippen LogP contribution is -2.33. The van der Waals surface area contributed by atoms with Gasteiger partial charge in [0.2, 0.25) is 0 Å². The fraction of sp³-hybridized carbons (Fsp3) is 0.400. The number of nitrogens with zero attached hydrogens (tertiary/aromatic N) is 2. The summed E-state index contributed by atoms with van der Waals surface area (Å²) >= 11 is 0. The van der Waals surface area contributed by atoms with Crippen molar-refractivity contribution in [2.24, 2.45) is 0 Å². The number of aromatic nitrogens is 1. The number of aromatic carboxylic acids is 1. The summed E-state index contributed by atoms with van der Waals surface area (Å²) in [5, 5.41) is 17.6. The van der Waals surface area contributed by atoms with Crippen LogP contribution in [-0.4, -0.2) is 47.3 Å². The second-order valence-corrected chi connectivity index (χ2v) is 3.39. The standard InChI is InChI=1S/C10H11F3N2O3/c11-6-3-7(10(17)18)9(14-4-6)15(1-2-16)5-8(12)13/h3-4,8,16H,1-2,5H2,(H,17,18). The number of pyridine rings is 1. The molecule has 0 bridgehead atoms. The van der Waals surface area contributed by atoms with E-state index < -0.39 is 36.9 Å². The van der Waals surface area contributed by atoms with E-state index in [1.54, 1.807) is 0 Å². The molecule has 0 radical (unpaired) electrons. The van der Waals surface area contributed by atoms with Crippen molar-refractivity contribution >= 4 is 11.8 Å². The molecule has 1 aromatic heterocycles. The van der Waals surface area contributed by atoms with Gasteiger partial charge < -0.3 is 15.1 Å². The maximum atomic E-state index is 12.9. The summed E-state index contributed by atoms with van der Waals surface area (Å²) in [6.45, 7) is -1.46. The van der Waals surface area contributed by atoms with Crippen molar-refractivity contribution < 1.29 is 28.2 Å². The fourth-order valence-electron chi connectivity index (χ4n) is 1.41. The average molecular weight is 264 g/mol. The monoisotopic (exact) mass is 264 g/mol. The van der Waals surface area contributed by atoms with E-state index in [0.717, 1.165) is 11.1 Å². The number of carboxylic acid groups (broad SMARTS) is 1. The smallest absolute Gasteiger partial charge is 0.339 e. The summed E-state index contributed by atoms with van der Waals surface area (Å²) < 4.78 is 37.5. The Balaban J connectivity index is 3.13. The summed E-state index contributed by atoms with van der Waals surface area (Å²) in [5.41, 5.74) is -0.524. The molecule has 0 saturated carbocycles. The van der Waals surface area contributed by atoms with Crippen LogP contribution in [0.25, 0.3) is 0 Å². The number of hydrogen-bond acceptors (Lipinski definition) is 4. The van der Waals surface area contributed by atoms with Crippen molar-refractivity contribution in [1.82, 2.24) is 4.98 Å². The SMILES string of the molecule is O=C(O)c1cc(F)cnc1N(CCO)CC(F)F. The van der Waals surface area contributed by atoms with E-state index in [1.807, 2.05) is 0 Å². The topological polar surface area (TPSA) is 73.7 Å². The second-order valence-electron chi connectivity index (χ2n) is 3.39. The van der Waals surface area contributed by atoms with Crippen LogP contribution in [0.3, 0.4) is 0 Å². The van der Waals surface area contributed by atoms with Gasteiger partial charge in [-0.15, -0.1) is 0 Å². The molecule has 5 nitrogen and oxygen atoms in total. The number of hydrogen-bond donors (Lipinski definition) is 2. The van der Waals surface area contributed by atoms with Crippen molar-refractivity contribution in [3.05, 3.63) is 23.6 Å². The lowest BCUT2D eigenvalue weighted by atomic mass is 10.2. The van der Waals surface area contributed by atoms with Gasteiger partial charge in [-0.2, -0.15) is 0 Å². The minimum Gasteiger partial charge on any atom is -0.478 e. The molecule has 1 aromatic rings. The maximum Gasteiger partial charge on any atom is 0.339 e. The third-order valence-electron chi connectivity index (χ3n) is 2.09. The van der Waals surface area contributed by atoms with E-state index in [-0.39, 0.29) is 12.4 Å². The molecule has 0 atom stereocenters. The molecular weight excluding hydrogens is 253 g/mol. The number of aliphatic hydroxyl groups is 1. The van der Waals surface area contributed by atoms with Crippen molar-refractivity contribution in [2.75, 3.05) is 24.6 Å². The van der Waals surface area contributed by atoms with Gasteiger partial charge >= 0.3 is 5.97 Å². The van der Waals surface area contributed by atoms with Gasteiger partial charge in [-0.3, -0.25) is 0 Å². The van der Waals surface area contributed by atoms with Crippen LogP contribution in [0.2, 0.25) is 0 Å². The maximum absolute atomic E-state index is 12.9. The number of anilines is 1. The van der Waals surface area contributed by atoms with Gasteiger partial charge in [0.05, 0.1) is 19.3 Å². The molecule has 0 amide bonds. The Morgan fingerprint density at radius 2 is 2.17 bits per heavy atom. The van der Waals surface area contributed by atoms with Crippen molar-refractivity contribution in [3.63, 3.8) is 0 Å². The molecule has 8 heteroatoms. The van der Waals surface area contributed by atoms with E-state index in [9.17, 15) is 18.0 Å². The Kier molecular flexibility index (Phi) is 4.90. The largest absolute Gasteiger partial charge is 0.478 e. The van der Waals surface area contributed by atoms with Crippen molar-refractivity contribution in [3.8, 4) is 0 Å². The minimum atomic E-state index is -2.73. The lowest BCUT2D eigenvalue weighted by Gasteiger charge is -2.23. The van der Waals surface area contributed by atoms with E-state index in [2.05, 4.69) is 4.98 Å². The normalized spacial score (nSPS) is 10.7. The Labute approximate surface area is 100 Å². The van der Waals surface area contributed by atoms with E-state index in [1.165, 1.54) is 0 Å². The molecule has 1 rings (SSSR count). The second kappa shape index (κ2) is 6.20. The summed E-state index contributed by atoms with van der Waals surface area (Å²) in [6.07, 6.45) is -2.00. The van der Waals surface area contributed by atoms with Crippen LogP contribution in [0.15, 0.2) is 12.3 Å². The summed E-state index contributed by atoms with van der Waals surface area (Å²) in [4.78, 5) is 15.3. The van der Waals surface area contributed by atoms with Gasteiger partial charge in [-0.05, 0) is 6.07 Å². The van der Waals surface area contributed by atoms with Crippen LogP contribution in [-0.2, 0) is 0 Å². The molecule has 18 heavy (non-hydrogen) atoms. The Morgan fingerprint density at radius 1 is 1.50 bits per heavy atom. The molecule has 0 spiro atoms. The van der Waals surface area contributed by atoms with Crippen LogP contribution >= 0.6 is 0 Å². The number of aliphatic hydroxyl groups excluding tert-OH is 1. The number of rotatable bonds is 6. The van der Waals surface area contributed by atoms with Gasteiger partial charge in [0.15, 0.2) is 0 Å². The number of carboxylic acids is 1. The molecule has 0 saturated heterocycles. The zero-order valence-corrected chi connectivity index (χ0v) is 9.18. The molecule has 1 heterocycles. The quantitative estimate of drug-likeness (QED) is 0.801. The van der Waals surface area contributed by atoms with Crippen LogP contribution in [0, 0.1) is 5.82 Å². The molecule has 0 fully saturated rings. The van der Waals surface area contributed by atoms with Crippen LogP contribution in [0.4, 0.5) is 19.0 Å². The first-order valence-corrected chi connectivity index (χ1v) is 4.98. The van der Waals surface area contributed by atoms with Crippen LogP contribution in [0.5, 0.6) is 0 Å². The molecule has 0 aliphatic carbocycles. The highest BCUT2D eigenvalue weighted by atomic mass is 19.3. The molecule has 0 unspecified atom stereocenters. The van der Waals surface area contributed by atoms with Gasteiger partial charge in [0, 0.05) is 6.54 Å². The Morgan fingerprint density at radius 3 is 2.67 bits per heavy atom. The first-order valence-electron chi connectivity index (χ1n) is 4.98. The first kappa shape index (κ1) is 14.2. The van der Waals surface area contributed by atoms with Gasteiger partial charge in [-0.25, -0.2) is 22.9 Å². The Hall–Kier alpha value is -1.83. The summed E-state index contributed by atoms with van der Waals surface area (Å²) in [6, 6.07) is 0.695. The van der Waals surface area contributed by atoms with Gasteiger partial charge in [0.1, 0.15) is 17.2 Å². The molecule has 0 aromatic carbocycles. The minimum absolute atomic E-state index is 0.219. The average Bonchev–Trinajstić information content (AvgIpc) is 2.27. The van der Waals surface area contributed by atoms with E-state index in [4.69, 9.17) is 10.2 Å². The number of alkyl halides is 2. The summed E-state index contributed by atoms with van der Waals surface area (Å²) in [5.74, 6) is -2.65. The molecule has 2 N–H and O–H groups in total. The highest BCUT2D eigenvalue weighted by Crippen LogP contribution is 2.19. The van der Waals surface area contributed by atoms with Gasteiger partial charge in [-0.1, -0.05) is 0 Å². The number of carbonyl (C=O) groups is 1. The predicted molar refractivity (Wildman–Crippen MR) is 56.5 cm³/mol. The molecular formula is C10H11F3N2O3. The van der Waals surface area contributed by atoms with Crippen molar-refractivity contribution in [1.29, 1.82) is 0 Å². The lowest BCUT2D eigenvalue weighted by molar-refractivity contribution is 0.0695. The van der Waals surface area contributed by atoms with E-state index in [0.29, 0.717) is 6.07 Å². The summed E-state index contributed by atoms with van der Waals surface area (Å²) in [7, 11) is 0. The number of halogens is 3. The predicted octanol–water partition coefficient (Wildman–Crippen LogP) is 0.983. The van der Waals surface area contributed by atoms with Gasteiger partial charge in [0.25, 0.3) is 6.43 Å².